The van der Waals surface area contributed by atoms with Crippen LogP contribution in [0.25, 0.3) is 0 Å². The quantitative estimate of drug-likeness (QED) is 0.861. The Morgan fingerprint density at radius 3 is 2.48 bits per heavy atom. The lowest BCUT2D eigenvalue weighted by molar-refractivity contribution is -0.191. The molecule has 1 spiro atoms. The van der Waals surface area contributed by atoms with E-state index in [-0.39, 0.29) is 18.3 Å². The summed E-state index contributed by atoms with van der Waals surface area (Å²) < 4.78 is 25.4. The molecule has 0 radical (unpaired) electrons. The Labute approximate surface area is 158 Å². The van der Waals surface area contributed by atoms with Gasteiger partial charge in [0.2, 0.25) is 0 Å². The summed E-state index contributed by atoms with van der Waals surface area (Å²) in [6.07, 6.45) is 2.64. The van der Waals surface area contributed by atoms with Gasteiger partial charge in [-0.3, -0.25) is 9.69 Å². The molecule has 3 aliphatic heterocycles. The minimum Gasteiger partial charge on any atom is -0.379 e. The van der Waals surface area contributed by atoms with E-state index >= 15 is 0 Å². The summed E-state index contributed by atoms with van der Waals surface area (Å²) >= 11 is 0. The average molecular weight is 378 g/mol. The van der Waals surface area contributed by atoms with Crippen molar-refractivity contribution in [2.24, 2.45) is 0 Å². The fourth-order valence-corrected chi connectivity index (χ4v) is 4.40. The molecule has 0 bridgehead atoms. The number of amides is 1. The molecular weight excluding hydrogens is 351 g/mol. The van der Waals surface area contributed by atoms with E-state index in [1.165, 1.54) is 6.07 Å². The molecule has 0 unspecified atom stereocenters. The van der Waals surface area contributed by atoms with Gasteiger partial charge >= 0.3 is 0 Å². The Hall–Kier alpha value is -1.54. The van der Waals surface area contributed by atoms with Crippen molar-refractivity contribution >= 4 is 5.91 Å². The maximum atomic E-state index is 13.9. The molecule has 0 saturated carbocycles. The Kier molecular flexibility index (Phi) is 5.20. The van der Waals surface area contributed by atoms with Crippen LogP contribution in [0.5, 0.6) is 0 Å². The van der Waals surface area contributed by atoms with Crippen LogP contribution in [0.15, 0.2) is 24.3 Å². The number of nitrogens with zero attached hydrogens (tertiary/aromatic N) is 2. The van der Waals surface area contributed by atoms with Gasteiger partial charge in [-0.1, -0.05) is 18.2 Å². The zero-order valence-electron chi connectivity index (χ0n) is 15.5. The largest absolute Gasteiger partial charge is 0.379 e. The molecule has 0 aromatic heterocycles. The highest BCUT2D eigenvalue weighted by Gasteiger charge is 2.46. The third-order valence-electron chi connectivity index (χ3n) is 5.94. The van der Waals surface area contributed by atoms with Crippen molar-refractivity contribution < 1.29 is 23.8 Å². The predicted octanol–water partition coefficient (Wildman–Crippen LogP) is 1.52. The molecule has 3 heterocycles. The molecule has 1 aromatic carbocycles. The first-order valence-electron chi connectivity index (χ1n) is 9.75. The molecule has 7 heteroatoms. The fraction of sp³-hybridized carbons (Fsp3) is 0.650. The monoisotopic (exact) mass is 378 g/mol. The summed E-state index contributed by atoms with van der Waals surface area (Å²) in [5.41, 5.74) is -0.934. The summed E-state index contributed by atoms with van der Waals surface area (Å²) in [7, 11) is 0. The number of hydrogen-bond donors (Lipinski definition) is 1. The van der Waals surface area contributed by atoms with E-state index in [9.17, 15) is 14.3 Å². The summed E-state index contributed by atoms with van der Waals surface area (Å²) in [4.78, 5) is 16.7. The summed E-state index contributed by atoms with van der Waals surface area (Å²) in [6.45, 7) is 3.75. The third kappa shape index (κ3) is 3.87. The van der Waals surface area contributed by atoms with Crippen molar-refractivity contribution in [3.8, 4) is 0 Å². The zero-order chi connectivity index (χ0) is 18.9. The van der Waals surface area contributed by atoms with Gasteiger partial charge in [-0.15, -0.1) is 0 Å². The van der Waals surface area contributed by atoms with Crippen LogP contribution in [0.4, 0.5) is 4.39 Å². The van der Waals surface area contributed by atoms with E-state index in [0.717, 1.165) is 25.9 Å². The highest BCUT2D eigenvalue weighted by Crippen LogP contribution is 2.33. The van der Waals surface area contributed by atoms with Crippen LogP contribution in [-0.4, -0.2) is 71.6 Å². The lowest BCUT2D eigenvalue weighted by Crippen LogP contribution is -2.59. The molecule has 148 valence electrons. The van der Waals surface area contributed by atoms with Crippen LogP contribution in [0, 0.1) is 5.82 Å². The molecule has 3 fully saturated rings. The van der Waals surface area contributed by atoms with Crippen LogP contribution in [0.2, 0.25) is 0 Å². The molecule has 1 N–H and O–H groups in total. The minimum atomic E-state index is -1.41. The molecule has 6 nitrogen and oxygen atoms in total. The smallest absolute Gasteiger partial charge is 0.256 e. The number of β-amino-alcohol motifs (C(OH)–C–C–N with tert-alkyl or cyclic N) is 1. The van der Waals surface area contributed by atoms with Gasteiger partial charge in [-0.2, -0.15) is 0 Å². The first-order valence-corrected chi connectivity index (χ1v) is 9.75. The van der Waals surface area contributed by atoms with Crippen molar-refractivity contribution in [3.05, 3.63) is 35.6 Å². The molecule has 0 aliphatic carbocycles. The second-order valence-electron chi connectivity index (χ2n) is 7.84. The van der Waals surface area contributed by atoms with Gasteiger partial charge in [0.25, 0.3) is 5.91 Å². The Bertz CT molecular complexity index is 684. The standard InChI is InChI=1S/C20H27FN2O4/c21-17-5-2-1-4-16(17)14-23-9-3-6-19(25,18(23)24)15-22-10-7-20(8-11-22)26-12-13-27-20/h1-2,4-5,25H,3,6-15H2/t19-/m0/s1. The maximum absolute atomic E-state index is 13.9. The number of halogens is 1. The van der Waals surface area contributed by atoms with Crippen LogP contribution in [0.3, 0.4) is 0 Å². The van der Waals surface area contributed by atoms with Crippen LogP contribution in [-0.2, 0) is 20.8 Å². The normalized spacial score (nSPS) is 28.8. The highest BCUT2D eigenvalue weighted by molar-refractivity contribution is 5.86. The number of piperidine rings is 2. The summed E-state index contributed by atoms with van der Waals surface area (Å²) in [6, 6.07) is 6.47. The number of carbonyl (C=O) groups excluding carboxylic acids is 1. The van der Waals surface area contributed by atoms with Gasteiger partial charge in [0.15, 0.2) is 11.4 Å². The topological polar surface area (TPSA) is 62.2 Å². The van der Waals surface area contributed by atoms with E-state index in [1.807, 2.05) is 0 Å². The first-order chi connectivity index (χ1) is 13.0. The Balaban J connectivity index is 1.38. The molecule has 27 heavy (non-hydrogen) atoms. The predicted molar refractivity (Wildman–Crippen MR) is 96.3 cm³/mol. The van der Waals surface area contributed by atoms with Crippen molar-refractivity contribution in [1.29, 1.82) is 0 Å². The second kappa shape index (κ2) is 7.47. The second-order valence-corrected chi connectivity index (χ2v) is 7.84. The SMILES string of the molecule is O=C1N(Cc2ccccc2F)CCC[C@]1(O)CN1CCC2(CC1)OCCO2. The van der Waals surface area contributed by atoms with Gasteiger partial charge in [-0.05, 0) is 18.9 Å². The van der Waals surface area contributed by atoms with Gasteiger partial charge in [0, 0.05) is 51.1 Å². The van der Waals surface area contributed by atoms with Crippen molar-refractivity contribution in [3.63, 3.8) is 0 Å². The van der Waals surface area contributed by atoms with Crippen molar-refractivity contribution in [1.82, 2.24) is 9.80 Å². The number of likely N-dealkylation sites (tertiary alicyclic amines) is 2. The zero-order valence-corrected chi connectivity index (χ0v) is 15.5. The van der Waals surface area contributed by atoms with E-state index in [4.69, 9.17) is 9.47 Å². The third-order valence-corrected chi connectivity index (χ3v) is 5.94. The van der Waals surface area contributed by atoms with Gasteiger partial charge < -0.3 is 19.5 Å². The molecule has 4 rings (SSSR count). The van der Waals surface area contributed by atoms with Crippen molar-refractivity contribution in [2.45, 2.75) is 43.6 Å². The molecule has 3 saturated heterocycles. The molecule has 3 aliphatic rings. The summed E-state index contributed by atoms with van der Waals surface area (Å²) in [5, 5.41) is 11.1. The molecule has 1 amide bonds. The summed E-state index contributed by atoms with van der Waals surface area (Å²) in [5.74, 6) is -1.09. The lowest BCUT2D eigenvalue weighted by atomic mass is 9.89. The first kappa shape index (κ1) is 18.8. The van der Waals surface area contributed by atoms with Gasteiger partial charge in [0.1, 0.15) is 5.82 Å². The minimum absolute atomic E-state index is 0.193. The van der Waals surface area contributed by atoms with E-state index in [2.05, 4.69) is 4.90 Å². The van der Waals surface area contributed by atoms with E-state index in [1.54, 1.807) is 23.1 Å². The number of carbonyl (C=O) groups is 1. The highest BCUT2D eigenvalue weighted by atomic mass is 19.1. The van der Waals surface area contributed by atoms with Crippen LogP contribution < -0.4 is 0 Å². The Morgan fingerprint density at radius 2 is 1.78 bits per heavy atom. The Morgan fingerprint density at radius 1 is 1.07 bits per heavy atom. The van der Waals surface area contributed by atoms with E-state index < -0.39 is 11.4 Å². The molecule has 1 aromatic rings. The van der Waals surface area contributed by atoms with Gasteiger partial charge in [-0.25, -0.2) is 4.39 Å². The number of hydrogen-bond acceptors (Lipinski definition) is 5. The van der Waals surface area contributed by atoms with E-state index in [0.29, 0.717) is 44.7 Å². The van der Waals surface area contributed by atoms with Crippen LogP contribution >= 0.6 is 0 Å². The van der Waals surface area contributed by atoms with Gasteiger partial charge in [0.05, 0.1) is 13.2 Å². The average Bonchev–Trinajstić information content (AvgIpc) is 3.11. The van der Waals surface area contributed by atoms with Crippen LogP contribution in [0.1, 0.15) is 31.2 Å². The fourth-order valence-electron chi connectivity index (χ4n) is 4.40. The maximum Gasteiger partial charge on any atom is 0.256 e. The number of rotatable bonds is 4. The number of ether oxygens (including phenoxy) is 2. The lowest BCUT2D eigenvalue weighted by Gasteiger charge is -2.43. The van der Waals surface area contributed by atoms with Crippen molar-refractivity contribution in [2.75, 3.05) is 39.4 Å². The number of aliphatic hydroxyl groups is 1. The number of benzene rings is 1. The molecular formula is C20H27FN2O4. The molecule has 1 atom stereocenters.